The monoisotopic (exact) mass is 696 g/mol. The predicted molar refractivity (Wildman–Crippen MR) is 209 cm³/mol. The molecule has 0 unspecified atom stereocenters. The predicted octanol–water partition coefficient (Wildman–Crippen LogP) is 11.8. The molecule has 292 valence electrons. The van der Waals surface area contributed by atoms with Crippen molar-refractivity contribution in [2.75, 3.05) is 39.5 Å². The number of nitrogens with zero attached hydrogens (tertiary/aromatic N) is 1. The van der Waals surface area contributed by atoms with Gasteiger partial charge in [-0.2, -0.15) is 0 Å². The van der Waals surface area contributed by atoms with Gasteiger partial charge in [-0.25, -0.2) is 0 Å². The lowest BCUT2D eigenvalue weighted by molar-refractivity contribution is -0.155. The number of esters is 2. The highest BCUT2D eigenvalue weighted by Crippen LogP contribution is 2.27. The van der Waals surface area contributed by atoms with Crippen molar-refractivity contribution in [1.82, 2.24) is 4.90 Å². The molecule has 0 amide bonds. The van der Waals surface area contributed by atoms with Gasteiger partial charge in [-0.15, -0.1) is 0 Å². The van der Waals surface area contributed by atoms with Gasteiger partial charge in [0.1, 0.15) is 0 Å². The van der Waals surface area contributed by atoms with Gasteiger partial charge in [-0.1, -0.05) is 130 Å². The Labute approximate surface area is 305 Å². The Morgan fingerprint density at radius 3 is 1.33 bits per heavy atom. The summed E-state index contributed by atoms with van der Waals surface area (Å²) < 4.78 is 11.3. The van der Waals surface area contributed by atoms with Crippen LogP contribution in [-0.4, -0.2) is 61.4 Å². The fraction of sp³-hybridized carbons (Fsp3) is 0.953. The Balaban J connectivity index is 4.12. The Kier molecular flexibility index (Phi) is 30.8. The van der Waals surface area contributed by atoms with Crippen molar-refractivity contribution < 1.29 is 24.2 Å². The first-order valence-corrected chi connectivity index (χ1v) is 21.1. The van der Waals surface area contributed by atoms with Crippen LogP contribution in [-0.2, 0) is 19.1 Å². The molecule has 0 rings (SSSR count). The summed E-state index contributed by atoms with van der Waals surface area (Å²) in [4.78, 5) is 27.9. The molecule has 0 spiro atoms. The molecule has 0 aromatic heterocycles. The Hall–Kier alpha value is -1.14. The zero-order valence-electron chi connectivity index (χ0n) is 34.0. The summed E-state index contributed by atoms with van der Waals surface area (Å²) in [6, 6.07) is 0. The van der Waals surface area contributed by atoms with Crippen LogP contribution in [0.3, 0.4) is 0 Å². The number of aliphatic hydroxyl groups excluding tert-OH is 1. The first-order valence-electron chi connectivity index (χ1n) is 21.1. The van der Waals surface area contributed by atoms with Gasteiger partial charge in [-0.3, -0.25) is 9.59 Å². The number of unbranched alkanes of at least 4 members (excludes halogenated alkanes) is 17. The van der Waals surface area contributed by atoms with E-state index in [0.717, 1.165) is 103 Å². The van der Waals surface area contributed by atoms with E-state index >= 15 is 0 Å². The SMILES string of the molecule is CCCCCCCCCOC(=O)C(C)(C)CCCCCCN(CCCCO)CCCCCCC(C)(C)C(=O)OCCCCCCCC(C)C. The summed E-state index contributed by atoms with van der Waals surface area (Å²) in [5, 5.41) is 9.27. The average molecular weight is 696 g/mol. The smallest absolute Gasteiger partial charge is 0.311 e. The molecule has 0 atom stereocenters. The van der Waals surface area contributed by atoms with Crippen LogP contribution in [0.25, 0.3) is 0 Å². The largest absolute Gasteiger partial charge is 0.465 e. The van der Waals surface area contributed by atoms with Gasteiger partial charge in [-0.05, 0) is 105 Å². The topological polar surface area (TPSA) is 76.1 Å². The lowest BCUT2D eigenvalue weighted by Crippen LogP contribution is -2.28. The maximum Gasteiger partial charge on any atom is 0.311 e. The zero-order chi connectivity index (χ0) is 36.6. The van der Waals surface area contributed by atoms with E-state index in [0.29, 0.717) is 13.2 Å². The third-order valence-corrected chi connectivity index (χ3v) is 10.2. The second-order valence-corrected chi connectivity index (χ2v) is 16.7. The highest BCUT2D eigenvalue weighted by Gasteiger charge is 2.29. The quantitative estimate of drug-likeness (QED) is 0.0519. The van der Waals surface area contributed by atoms with Crippen molar-refractivity contribution in [2.24, 2.45) is 16.7 Å². The van der Waals surface area contributed by atoms with Crippen LogP contribution in [0, 0.1) is 16.7 Å². The van der Waals surface area contributed by atoms with Crippen LogP contribution in [0.2, 0.25) is 0 Å². The maximum atomic E-state index is 12.7. The number of hydrogen-bond acceptors (Lipinski definition) is 6. The van der Waals surface area contributed by atoms with E-state index in [-0.39, 0.29) is 18.5 Å². The van der Waals surface area contributed by atoms with Crippen LogP contribution >= 0.6 is 0 Å². The maximum absolute atomic E-state index is 12.7. The second-order valence-electron chi connectivity index (χ2n) is 16.7. The summed E-state index contributed by atoms with van der Waals surface area (Å²) in [6.45, 7) is 19.6. The lowest BCUT2D eigenvalue weighted by atomic mass is 9.87. The van der Waals surface area contributed by atoms with Gasteiger partial charge < -0.3 is 19.5 Å². The van der Waals surface area contributed by atoms with E-state index in [9.17, 15) is 14.7 Å². The van der Waals surface area contributed by atoms with Crippen molar-refractivity contribution >= 4 is 11.9 Å². The Morgan fingerprint density at radius 2 is 0.898 bits per heavy atom. The van der Waals surface area contributed by atoms with E-state index in [1.54, 1.807) is 0 Å². The van der Waals surface area contributed by atoms with E-state index in [1.807, 2.05) is 27.7 Å². The van der Waals surface area contributed by atoms with Crippen molar-refractivity contribution in [2.45, 2.75) is 209 Å². The van der Waals surface area contributed by atoms with Gasteiger partial charge in [0, 0.05) is 6.61 Å². The minimum absolute atomic E-state index is 0.0365. The number of ether oxygens (including phenoxy) is 2. The summed E-state index contributed by atoms with van der Waals surface area (Å²) in [5.74, 6) is 0.718. The van der Waals surface area contributed by atoms with Crippen LogP contribution in [0.5, 0.6) is 0 Å². The van der Waals surface area contributed by atoms with Crippen molar-refractivity contribution in [3.05, 3.63) is 0 Å². The molecule has 0 aromatic carbocycles. The normalized spacial score (nSPS) is 12.3. The summed E-state index contributed by atoms with van der Waals surface area (Å²) in [7, 11) is 0. The number of hydrogen-bond donors (Lipinski definition) is 1. The molecule has 0 bridgehead atoms. The van der Waals surface area contributed by atoms with E-state index in [4.69, 9.17) is 9.47 Å². The van der Waals surface area contributed by atoms with Gasteiger partial charge in [0.15, 0.2) is 0 Å². The fourth-order valence-electron chi connectivity index (χ4n) is 6.46. The molecule has 1 N–H and O–H groups in total. The number of rotatable bonds is 36. The molecule has 0 saturated carbocycles. The Morgan fingerprint density at radius 1 is 0.531 bits per heavy atom. The molecule has 0 saturated heterocycles. The molecule has 0 heterocycles. The number of carbonyl (C=O) groups is 2. The lowest BCUT2D eigenvalue weighted by Gasteiger charge is -2.24. The van der Waals surface area contributed by atoms with Crippen molar-refractivity contribution in [3.63, 3.8) is 0 Å². The highest BCUT2D eigenvalue weighted by molar-refractivity contribution is 5.76. The molecule has 0 aliphatic rings. The van der Waals surface area contributed by atoms with Crippen molar-refractivity contribution in [1.29, 1.82) is 0 Å². The number of aliphatic hydroxyl groups is 1. The highest BCUT2D eigenvalue weighted by atomic mass is 16.5. The minimum atomic E-state index is -0.406. The second kappa shape index (κ2) is 31.6. The Bertz CT molecular complexity index is 765. The van der Waals surface area contributed by atoms with Gasteiger partial charge >= 0.3 is 11.9 Å². The standard InChI is InChI=1S/C43H85NO5/c1-8-9-10-11-12-19-28-37-48-40(46)42(4,5)31-22-15-17-24-33-44(35-26-27-36-45)34-25-18-16-23-32-43(6,7)41(47)49-38-29-20-13-14-21-30-39(2)3/h39,45H,8-38H2,1-7H3. The fourth-order valence-corrected chi connectivity index (χ4v) is 6.46. The third kappa shape index (κ3) is 29.2. The van der Waals surface area contributed by atoms with Crippen LogP contribution < -0.4 is 0 Å². The van der Waals surface area contributed by atoms with Crippen LogP contribution in [0.1, 0.15) is 209 Å². The van der Waals surface area contributed by atoms with E-state index in [1.165, 1.54) is 83.5 Å². The molecular weight excluding hydrogens is 610 g/mol. The third-order valence-electron chi connectivity index (χ3n) is 10.2. The summed E-state index contributed by atoms with van der Waals surface area (Å²) in [5.41, 5.74) is -0.810. The van der Waals surface area contributed by atoms with E-state index < -0.39 is 10.8 Å². The molecule has 6 nitrogen and oxygen atoms in total. The molecule has 49 heavy (non-hydrogen) atoms. The zero-order valence-corrected chi connectivity index (χ0v) is 34.0. The minimum Gasteiger partial charge on any atom is -0.465 e. The summed E-state index contributed by atoms with van der Waals surface area (Å²) in [6.07, 6.45) is 28.7. The van der Waals surface area contributed by atoms with Gasteiger partial charge in [0.25, 0.3) is 0 Å². The molecule has 0 fully saturated rings. The molecular formula is C43H85NO5. The van der Waals surface area contributed by atoms with Gasteiger partial charge in [0.2, 0.25) is 0 Å². The summed E-state index contributed by atoms with van der Waals surface area (Å²) >= 11 is 0. The molecule has 0 aliphatic heterocycles. The first-order chi connectivity index (χ1) is 23.5. The van der Waals surface area contributed by atoms with Crippen molar-refractivity contribution in [3.8, 4) is 0 Å². The molecule has 6 heteroatoms. The first kappa shape index (κ1) is 47.9. The van der Waals surface area contributed by atoms with Crippen LogP contribution in [0.4, 0.5) is 0 Å². The molecule has 0 radical (unpaired) electrons. The van der Waals surface area contributed by atoms with Crippen LogP contribution in [0.15, 0.2) is 0 Å². The molecule has 0 aliphatic carbocycles. The number of carbonyl (C=O) groups excluding carboxylic acids is 2. The van der Waals surface area contributed by atoms with E-state index in [2.05, 4.69) is 25.7 Å². The molecule has 0 aromatic rings. The average Bonchev–Trinajstić information content (AvgIpc) is 3.05. The van der Waals surface area contributed by atoms with Gasteiger partial charge in [0.05, 0.1) is 24.0 Å².